The van der Waals surface area contributed by atoms with Gasteiger partial charge >= 0.3 is 0 Å². The fraction of sp³-hybridized carbons (Fsp3) is 0.167. The molecular weight excluding hydrogens is 474 g/mol. The van der Waals surface area contributed by atoms with E-state index in [1.165, 1.54) is 0 Å². The van der Waals surface area contributed by atoms with Gasteiger partial charge in [-0.05, 0) is 133 Å². The third-order valence-electron chi connectivity index (χ3n) is 7.34. The van der Waals surface area contributed by atoms with Crippen molar-refractivity contribution in [2.24, 2.45) is 0 Å². The van der Waals surface area contributed by atoms with Gasteiger partial charge in [-0.2, -0.15) is 0 Å². The lowest BCUT2D eigenvalue weighted by molar-refractivity contribution is 1.27. The van der Waals surface area contributed by atoms with E-state index >= 15 is 0 Å². The van der Waals surface area contributed by atoms with Gasteiger partial charge in [0.25, 0.3) is 0 Å². The summed E-state index contributed by atoms with van der Waals surface area (Å²) in [5, 5.41) is 5.81. The maximum Gasteiger partial charge on any atom is 0.0461 e. The van der Waals surface area contributed by atoms with Crippen molar-refractivity contribution in [2.75, 3.05) is 0 Å². The fourth-order valence-electron chi connectivity index (χ4n) is 4.36. The van der Waals surface area contributed by atoms with Gasteiger partial charge in [0.15, 0.2) is 0 Å². The number of hydrogen-bond donors (Lipinski definition) is 3. The summed E-state index contributed by atoms with van der Waals surface area (Å²) in [6.07, 6.45) is 16.1. The number of hydrogen-bond acceptors (Lipinski definition) is 0. The van der Waals surface area contributed by atoms with Gasteiger partial charge in [-0.1, -0.05) is 51.6 Å². The number of aromatic nitrogens is 3. The molecule has 0 aromatic carbocycles. The van der Waals surface area contributed by atoms with Gasteiger partial charge in [0.2, 0.25) is 0 Å². The number of H-pyrrole nitrogens is 3. The van der Waals surface area contributed by atoms with Gasteiger partial charge in [-0.25, -0.2) is 0 Å². The molecule has 3 aromatic heterocycles. The predicted octanol–water partition coefficient (Wildman–Crippen LogP) is 4.71. The van der Waals surface area contributed by atoms with Crippen molar-refractivity contribution >= 4 is 56.2 Å². The molecular formula is C36H41N3. The van der Waals surface area contributed by atoms with Crippen LogP contribution in [0.15, 0.2) is 54.2 Å². The van der Waals surface area contributed by atoms with Crippen LogP contribution in [0.5, 0.6) is 0 Å². The Morgan fingerprint density at radius 2 is 1.03 bits per heavy atom. The lowest BCUT2D eigenvalue weighted by Gasteiger charge is -2.01. The topological polar surface area (TPSA) is 47.4 Å². The Balaban J connectivity index is 1.95. The fourth-order valence-corrected chi connectivity index (χ4v) is 4.36. The zero-order valence-electron chi connectivity index (χ0n) is 24.4. The molecule has 3 rings (SSSR count). The van der Waals surface area contributed by atoms with Crippen molar-refractivity contribution in [3.8, 4) is 0 Å². The summed E-state index contributed by atoms with van der Waals surface area (Å²) in [5.74, 6) is 0. The van der Waals surface area contributed by atoms with Gasteiger partial charge in [0.1, 0.15) is 0 Å². The van der Waals surface area contributed by atoms with Crippen LogP contribution in [0.1, 0.15) is 54.5 Å². The lowest BCUT2D eigenvalue weighted by atomic mass is 10.1. The molecule has 3 aromatic rings. The van der Waals surface area contributed by atoms with E-state index in [2.05, 4.69) is 119 Å². The molecule has 0 saturated carbocycles. The normalized spacial score (nSPS) is 14.2. The molecule has 0 radical (unpaired) electrons. The zero-order valence-corrected chi connectivity index (χ0v) is 24.4. The van der Waals surface area contributed by atoms with Crippen LogP contribution in [0, 0.1) is 20.8 Å². The Kier molecular flexibility index (Phi) is 8.88. The molecule has 0 aliphatic carbocycles. The van der Waals surface area contributed by atoms with Crippen molar-refractivity contribution in [3.05, 3.63) is 120 Å². The highest BCUT2D eigenvalue weighted by molar-refractivity contribution is 5.69. The van der Waals surface area contributed by atoms with Gasteiger partial charge in [0.05, 0.1) is 0 Å². The SMILES string of the molecule is C=C/C=c1/[nH]c(/C=C(\C)C(=C)/C=c2/[nH]c(/C=C(\C)C(=C)/C=c3/[nH]c(/C=C\C)c(C)c3=C)c(C)c2=C)c(C)c1=C. The molecule has 39 heavy (non-hydrogen) atoms. The van der Waals surface area contributed by atoms with Crippen molar-refractivity contribution in [2.45, 2.75) is 41.5 Å². The standard InChI is InChI=1S/C36H41N3/c1-13-15-31-25(7)27(9)33(37-31)17-21(3)23(5)19-35-29(11)30(12)36(39-35)20-24(6)22(4)18-34-28(10)26(8)32(38-34)16-14-2/h13-20,37-39H,1,4-5,7,10-11H2,2-3,6,8-9,12H3/b16-14-,21-17+,24-20+,31-15+,34-18+,35-19+. The smallest absolute Gasteiger partial charge is 0.0461 e. The van der Waals surface area contributed by atoms with Crippen molar-refractivity contribution in [1.82, 2.24) is 15.0 Å². The molecule has 0 aliphatic heterocycles. The molecule has 0 fully saturated rings. The molecule has 0 atom stereocenters. The van der Waals surface area contributed by atoms with Crippen LogP contribution in [0.25, 0.3) is 56.2 Å². The molecule has 0 saturated heterocycles. The van der Waals surface area contributed by atoms with Crippen LogP contribution in [0.3, 0.4) is 0 Å². The van der Waals surface area contributed by atoms with Crippen LogP contribution in [0.4, 0.5) is 0 Å². The summed E-state index contributed by atoms with van der Waals surface area (Å²) in [7, 11) is 0. The minimum atomic E-state index is 0.905. The van der Waals surface area contributed by atoms with Crippen LogP contribution in [-0.2, 0) is 0 Å². The Morgan fingerprint density at radius 1 is 0.641 bits per heavy atom. The van der Waals surface area contributed by atoms with Gasteiger partial charge in [-0.15, -0.1) is 0 Å². The number of aromatic amines is 3. The van der Waals surface area contributed by atoms with E-state index in [-0.39, 0.29) is 0 Å². The second-order valence-corrected chi connectivity index (χ2v) is 10.1. The van der Waals surface area contributed by atoms with Gasteiger partial charge in [-0.3, -0.25) is 0 Å². The Hall–Kier alpha value is -4.50. The maximum absolute atomic E-state index is 4.32. The predicted molar refractivity (Wildman–Crippen MR) is 175 cm³/mol. The van der Waals surface area contributed by atoms with Crippen LogP contribution in [0.2, 0.25) is 0 Å². The van der Waals surface area contributed by atoms with Crippen LogP contribution in [-0.4, -0.2) is 15.0 Å². The molecule has 3 N–H and O–H groups in total. The molecule has 3 heteroatoms. The van der Waals surface area contributed by atoms with E-state index in [0.29, 0.717) is 0 Å². The summed E-state index contributed by atoms with van der Waals surface area (Å²) in [6, 6.07) is 0. The van der Waals surface area contributed by atoms with Gasteiger partial charge in [0, 0.05) is 33.1 Å². The molecule has 0 spiro atoms. The highest BCUT2D eigenvalue weighted by Gasteiger charge is 2.06. The Labute approximate surface area is 232 Å². The second-order valence-electron chi connectivity index (χ2n) is 10.1. The van der Waals surface area contributed by atoms with Crippen molar-refractivity contribution in [1.29, 1.82) is 0 Å². The first-order chi connectivity index (χ1) is 18.4. The molecule has 3 heterocycles. The zero-order chi connectivity index (χ0) is 29.0. The van der Waals surface area contributed by atoms with E-state index in [1.807, 2.05) is 19.1 Å². The largest absolute Gasteiger partial charge is 0.355 e. The molecule has 0 bridgehead atoms. The maximum atomic E-state index is 4.32. The number of allylic oxidation sites excluding steroid dienone is 6. The summed E-state index contributed by atoms with van der Waals surface area (Å²) < 4.78 is 0. The van der Waals surface area contributed by atoms with Crippen LogP contribution < -0.4 is 31.7 Å². The molecule has 0 unspecified atom stereocenters. The first-order valence-corrected chi connectivity index (χ1v) is 13.1. The lowest BCUT2D eigenvalue weighted by Crippen LogP contribution is -2.22. The van der Waals surface area contributed by atoms with Crippen molar-refractivity contribution < 1.29 is 0 Å². The summed E-state index contributed by atoms with van der Waals surface area (Å²) in [5.41, 5.74) is 10.4. The first-order valence-electron chi connectivity index (χ1n) is 13.1. The minimum absolute atomic E-state index is 0.905. The molecule has 0 aliphatic rings. The van der Waals surface area contributed by atoms with E-state index in [1.54, 1.807) is 6.08 Å². The average molecular weight is 516 g/mol. The van der Waals surface area contributed by atoms with E-state index < -0.39 is 0 Å². The third-order valence-corrected chi connectivity index (χ3v) is 7.34. The number of nitrogens with one attached hydrogen (secondary N) is 3. The Bertz CT molecular complexity index is 1900. The van der Waals surface area contributed by atoms with Crippen LogP contribution >= 0.6 is 0 Å². The second kappa shape index (κ2) is 11.9. The van der Waals surface area contributed by atoms with E-state index in [0.717, 1.165) is 87.8 Å². The third kappa shape index (κ3) is 6.15. The molecule has 3 nitrogen and oxygen atoms in total. The summed E-state index contributed by atoms with van der Waals surface area (Å²) in [4.78, 5) is 10.4. The average Bonchev–Trinajstić information content (AvgIpc) is 3.42. The highest BCUT2D eigenvalue weighted by atomic mass is 14.7. The highest BCUT2D eigenvalue weighted by Crippen LogP contribution is 2.15. The Morgan fingerprint density at radius 3 is 1.46 bits per heavy atom. The van der Waals surface area contributed by atoms with Gasteiger partial charge < -0.3 is 15.0 Å². The first kappa shape index (κ1) is 29.1. The quantitative estimate of drug-likeness (QED) is 0.364. The summed E-state index contributed by atoms with van der Waals surface area (Å²) >= 11 is 0. The van der Waals surface area contributed by atoms with E-state index in [9.17, 15) is 0 Å². The monoisotopic (exact) mass is 515 g/mol. The number of rotatable bonds is 8. The molecule has 0 amide bonds. The minimum Gasteiger partial charge on any atom is -0.355 e. The van der Waals surface area contributed by atoms with E-state index in [4.69, 9.17) is 0 Å². The van der Waals surface area contributed by atoms with Crippen molar-refractivity contribution in [3.63, 3.8) is 0 Å². The summed E-state index contributed by atoms with van der Waals surface area (Å²) in [6.45, 7) is 37.5. The molecule has 200 valence electrons.